The summed E-state index contributed by atoms with van der Waals surface area (Å²) < 4.78 is 17.7. The highest BCUT2D eigenvalue weighted by molar-refractivity contribution is 5.80. The Morgan fingerprint density at radius 3 is 1.29 bits per heavy atom. The summed E-state index contributed by atoms with van der Waals surface area (Å²) in [5.41, 5.74) is 0. The van der Waals surface area contributed by atoms with E-state index in [1.165, 1.54) is 96.3 Å². The number of hydrogen-bond donors (Lipinski definition) is 6. The van der Waals surface area contributed by atoms with E-state index in [0.29, 0.717) is 12.8 Å². The van der Waals surface area contributed by atoms with E-state index in [9.17, 15) is 35.1 Å². The number of unbranched alkanes of at least 4 members (excludes halogenated alkanes) is 25. The topological polar surface area (TPSA) is 175 Å². The van der Waals surface area contributed by atoms with Gasteiger partial charge in [0.05, 0.1) is 25.4 Å². The number of ether oxygens (including phenoxy) is 3. The van der Waals surface area contributed by atoms with Crippen molar-refractivity contribution in [1.82, 2.24) is 5.32 Å². The average molecular weight is 1190 g/mol. The van der Waals surface area contributed by atoms with Gasteiger partial charge in [0.15, 0.2) is 12.4 Å². The molecule has 1 amide bonds. The van der Waals surface area contributed by atoms with Gasteiger partial charge < -0.3 is 45.1 Å². The molecular formula is C74H125NO10. The molecule has 1 aliphatic heterocycles. The Kier molecular flexibility index (Phi) is 56.1. The number of allylic oxidation sites excluding steroid dienone is 19. The monoisotopic (exact) mass is 1190 g/mol. The third-order valence-corrected chi connectivity index (χ3v) is 15.3. The van der Waals surface area contributed by atoms with E-state index in [1.807, 2.05) is 6.08 Å². The van der Waals surface area contributed by atoms with Gasteiger partial charge in [0, 0.05) is 6.42 Å². The van der Waals surface area contributed by atoms with Crippen molar-refractivity contribution in [3.63, 3.8) is 0 Å². The van der Waals surface area contributed by atoms with E-state index < -0.39 is 67.4 Å². The van der Waals surface area contributed by atoms with E-state index in [-0.39, 0.29) is 19.4 Å². The number of hydrogen-bond acceptors (Lipinski definition) is 10. The smallest absolute Gasteiger partial charge is 0.306 e. The van der Waals surface area contributed by atoms with Crippen molar-refractivity contribution in [1.29, 1.82) is 0 Å². The van der Waals surface area contributed by atoms with E-state index in [0.717, 1.165) is 128 Å². The number of esters is 1. The van der Waals surface area contributed by atoms with E-state index in [1.54, 1.807) is 6.08 Å². The molecule has 0 aromatic heterocycles. The number of carbonyl (C=O) groups excluding carboxylic acids is 2. The Morgan fingerprint density at radius 1 is 0.471 bits per heavy atom. The van der Waals surface area contributed by atoms with Gasteiger partial charge in [-0.2, -0.15) is 0 Å². The van der Waals surface area contributed by atoms with Crippen molar-refractivity contribution >= 4 is 11.9 Å². The number of aliphatic hydroxyl groups is 5. The van der Waals surface area contributed by atoms with Gasteiger partial charge in [-0.25, -0.2) is 0 Å². The van der Waals surface area contributed by atoms with Crippen LogP contribution in [0.15, 0.2) is 122 Å². The fourth-order valence-corrected chi connectivity index (χ4v) is 9.96. The zero-order valence-corrected chi connectivity index (χ0v) is 53.9. The van der Waals surface area contributed by atoms with Crippen molar-refractivity contribution in [3.05, 3.63) is 122 Å². The summed E-state index contributed by atoms with van der Waals surface area (Å²) in [6.07, 6.45) is 73.7. The third kappa shape index (κ3) is 47.8. The second-order valence-electron chi connectivity index (χ2n) is 23.2. The van der Waals surface area contributed by atoms with Crippen LogP contribution in [0.25, 0.3) is 0 Å². The lowest BCUT2D eigenvalue weighted by atomic mass is 9.99. The largest absolute Gasteiger partial charge is 0.454 e. The summed E-state index contributed by atoms with van der Waals surface area (Å²) in [7, 11) is 0. The highest BCUT2D eigenvalue weighted by Gasteiger charge is 2.47. The van der Waals surface area contributed by atoms with Gasteiger partial charge in [0.1, 0.15) is 24.4 Å². The molecule has 1 saturated heterocycles. The van der Waals surface area contributed by atoms with Gasteiger partial charge in [-0.15, -0.1) is 0 Å². The predicted molar refractivity (Wildman–Crippen MR) is 356 cm³/mol. The number of carbonyl (C=O) groups is 2. The lowest BCUT2D eigenvalue weighted by Gasteiger charge is -2.41. The first-order valence-electron chi connectivity index (χ1n) is 34.3. The van der Waals surface area contributed by atoms with Crippen LogP contribution in [0.4, 0.5) is 0 Å². The van der Waals surface area contributed by atoms with Crippen LogP contribution in [-0.2, 0) is 23.8 Å². The molecule has 85 heavy (non-hydrogen) atoms. The number of nitrogens with one attached hydrogen (secondary N) is 1. The molecule has 11 heteroatoms. The van der Waals surface area contributed by atoms with E-state index in [4.69, 9.17) is 14.2 Å². The molecule has 0 aromatic carbocycles. The van der Waals surface area contributed by atoms with Crippen molar-refractivity contribution in [2.45, 2.75) is 320 Å². The maximum atomic E-state index is 13.5. The standard InChI is InChI=1S/C74H125NO10/c1-4-7-10-13-16-19-22-25-27-29-31-32-33-34-35-36-37-39-41-44-47-50-53-56-59-62-69(79)85-72-71(81)70(80)68(63-76)84-74(72)83-64-65(66(77)60-57-54-51-48-45-42-24-21-18-15-12-9-6-3)75-73(82)67(78)61-58-55-52-49-46-43-40-38-30-28-26-23-20-17-14-11-8-5-2/h7,10,16-17,19-20,25-28,31-32,34-35,38,40,46,49,57,60,65-68,70-72,74,76-78,80-81H,4-6,8-9,11-15,18,21-24,29-30,33,36-37,39,41-45,47-48,50-56,58-59,61-64H2,1-3H3,(H,75,82)/b10-7-,19-16-,20-17-,27-25-,28-26-,32-31-,35-34-,40-38-,49-46-,60-57+. The van der Waals surface area contributed by atoms with Crippen LogP contribution in [0.2, 0.25) is 0 Å². The summed E-state index contributed by atoms with van der Waals surface area (Å²) in [6, 6.07) is -1.05. The zero-order chi connectivity index (χ0) is 61.7. The number of amides is 1. The summed E-state index contributed by atoms with van der Waals surface area (Å²) in [5.74, 6) is -1.24. The molecule has 6 N–H and O–H groups in total. The van der Waals surface area contributed by atoms with Crippen molar-refractivity contribution < 1.29 is 49.3 Å². The molecule has 486 valence electrons. The van der Waals surface area contributed by atoms with Crippen molar-refractivity contribution in [2.24, 2.45) is 0 Å². The Morgan fingerprint density at radius 2 is 0.847 bits per heavy atom. The minimum absolute atomic E-state index is 0.105. The quantitative estimate of drug-likeness (QED) is 0.0195. The SMILES string of the molecule is CC/C=C\C/C=C\C/C=C\C/C=C\C/C=C\CCCCCCCCCCCC(=O)OC1C(OCC(NC(=O)C(O)CCCC/C=C\C/C=C\C/C=C\C/C=C\CCCCC)C(O)/C=C/CCCCCCCCCCCCC)OC(CO)C(O)C1O. The second-order valence-corrected chi connectivity index (χ2v) is 23.2. The van der Waals surface area contributed by atoms with Gasteiger partial charge in [-0.1, -0.05) is 271 Å². The van der Waals surface area contributed by atoms with Crippen molar-refractivity contribution in [3.8, 4) is 0 Å². The first kappa shape index (κ1) is 79.1. The summed E-state index contributed by atoms with van der Waals surface area (Å²) in [6.45, 7) is 5.63. The molecule has 0 saturated carbocycles. The molecule has 0 spiro atoms. The van der Waals surface area contributed by atoms with Crippen LogP contribution in [0.3, 0.4) is 0 Å². The predicted octanol–water partition coefficient (Wildman–Crippen LogP) is 17.4. The fraction of sp³-hybridized carbons (Fsp3) is 0.703. The Labute approximate surface area is 519 Å². The lowest BCUT2D eigenvalue weighted by molar-refractivity contribution is -0.305. The lowest BCUT2D eigenvalue weighted by Crippen LogP contribution is -2.61. The van der Waals surface area contributed by atoms with Crippen molar-refractivity contribution in [2.75, 3.05) is 13.2 Å². The van der Waals surface area contributed by atoms with Gasteiger partial charge in [0.25, 0.3) is 0 Å². The molecule has 8 unspecified atom stereocenters. The highest BCUT2D eigenvalue weighted by Crippen LogP contribution is 2.26. The first-order chi connectivity index (χ1) is 41.7. The zero-order valence-electron chi connectivity index (χ0n) is 53.9. The average Bonchev–Trinajstić information content (AvgIpc) is 3.34. The second kappa shape index (κ2) is 60.3. The van der Waals surface area contributed by atoms with Gasteiger partial charge in [-0.3, -0.25) is 9.59 Å². The van der Waals surface area contributed by atoms with Crippen LogP contribution in [-0.4, -0.2) is 99.6 Å². The van der Waals surface area contributed by atoms with Gasteiger partial charge in [-0.05, 0) is 116 Å². The summed E-state index contributed by atoms with van der Waals surface area (Å²) >= 11 is 0. The molecule has 0 aromatic rings. The van der Waals surface area contributed by atoms with Crippen LogP contribution in [0, 0.1) is 0 Å². The molecule has 0 aliphatic carbocycles. The highest BCUT2D eigenvalue weighted by atomic mass is 16.7. The van der Waals surface area contributed by atoms with Crippen LogP contribution < -0.4 is 5.32 Å². The number of rotatable bonds is 57. The van der Waals surface area contributed by atoms with Crippen LogP contribution >= 0.6 is 0 Å². The molecule has 0 bridgehead atoms. The molecule has 1 heterocycles. The minimum atomic E-state index is -1.63. The molecule has 1 rings (SSSR count). The summed E-state index contributed by atoms with van der Waals surface area (Å²) in [5, 5.41) is 57.2. The van der Waals surface area contributed by atoms with Crippen LogP contribution in [0.1, 0.15) is 271 Å². The fourth-order valence-electron chi connectivity index (χ4n) is 9.96. The Bertz CT molecular complexity index is 1850. The molecule has 1 aliphatic rings. The normalized spacial score (nSPS) is 19.2. The Hall–Kier alpha value is -3.94. The first-order valence-corrected chi connectivity index (χ1v) is 34.3. The Balaban J connectivity index is 2.64. The maximum absolute atomic E-state index is 13.5. The molecule has 1 fully saturated rings. The summed E-state index contributed by atoms with van der Waals surface area (Å²) in [4.78, 5) is 26.7. The van der Waals surface area contributed by atoms with Gasteiger partial charge >= 0.3 is 5.97 Å². The minimum Gasteiger partial charge on any atom is -0.454 e. The number of aliphatic hydroxyl groups excluding tert-OH is 5. The molecular weight excluding hydrogens is 1060 g/mol. The van der Waals surface area contributed by atoms with Gasteiger partial charge in [0.2, 0.25) is 5.91 Å². The molecule has 8 atom stereocenters. The van der Waals surface area contributed by atoms with E-state index >= 15 is 0 Å². The maximum Gasteiger partial charge on any atom is 0.306 e. The molecule has 11 nitrogen and oxygen atoms in total. The van der Waals surface area contributed by atoms with E-state index in [2.05, 4.69) is 135 Å². The molecule has 0 radical (unpaired) electrons. The van der Waals surface area contributed by atoms with Crippen LogP contribution in [0.5, 0.6) is 0 Å². The third-order valence-electron chi connectivity index (χ3n) is 15.3.